The summed E-state index contributed by atoms with van der Waals surface area (Å²) in [7, 11) is 0. The molecule has 1 aromatic carbocycles. The number of rotatable bonds is 4. The second-order valence-corrected chi connectivity index (χ2v) is 8.28. The number of benzene rings is 1. The lowest BCUT2D eigenvalue weighted by molar-refractivity contribution is -0.169. The summed E-state index contributed by atoms with van der Waals surface area (Å²) in [5, 5.41) is 0.513. The minimum absolute atomic E-state index is 0.0165. The van der Waals surface area contributed by atoms with Gasteiger partial charge in [-0.1, -0.05) is 17.2 Å². The third-order valence-electron chi connectivity index (χ3n) is 4.89. The number of ether oxygens (including phenoxy) is 1. The van der Waals surface area contributed by atoms with Crippen LogP contribution in [0.5, 0.6) is 0 Å². The monoisotopic (exact) mass is 402 g/mol. The summed E-state index contributed by atoms with van der Waals surface area (Å²) in [6.07, 6.45) is 2.57. The first kappa shape index (κ1) is 20.8. The highest BCUT2D eigenvalue weighted by molar-refractivity contribution is 6.20. The van der Waals surface area contributed by atoms with Crippen molar-refractivity contribution in [3.05, 3.63) is 35.4 Å². The first-order chi connectivity index (χ1) is 13.7. The molecule has 156 valence electrons. The number of hydrogen-bond donors (Lipinski definition) is 0. The molecule has 0 N–H and O–H groups in total. The lowest BCUT2D eigenvalue weighted by Gasteiger charge is -2.36. The summed E-state index contributed by atoms with van der Waals surface area (Å²) in [4.78, 5) is 56.0. The summed E-state index contributed by atoms with van der Waals surface area (Å²) in [6.45, 7) is 6.00. The van der Waals surface area contributed by atoms with E-state index in [4.69, 9.17) is 9.57 Å². The fourth-order valence-electron chi connectivity index (χ4n) is 3.54. The quantitative estimate of drug-likeness (QED) is 0.718. The van der Waals surface area contributed by atoms with E-state index in [1.807, 2.05) is 20.8 Å². The zero-order valence-corrected chi connectivity index (χ0v) is 17.0. The number of fused-ring (bicyclic) bond motifs is 1. The zero-order chi connectivity index (χ0) is 21.2. The van der Waals surface area contributed by atoms with Crippen LogP contribution in [0.1, 0.15) is 73.6 Å². The van der Waals surface area contributed by atoms with Crippen molar-refractivity contribution in [2.45, 2.75) is 64.5 Å². The van der Waals surface area contributed by atoms with Crippen molar-refractivity contribution in [2.24, 2.45) is 0 Å². The van der Waals surface area contributed by atoms with Crippen LogP contribution in [0.2, 0.25) is 0 Å². The topological polar surface area (TPSA) is 93.2 Å². The highest BCUT2D eigenvalue weighted by Gasteiger charge is 2.39. The van der Waals surface area contributed by atoms with E-state index in [9.17, 15) is 19.2 Å². The van der Waals surface area contributed by atoms with Crippen LogP contribution >= 0.6 is 0 Å². The maximum absolute atomic E-state index is 12.4. The fourth-order valence-corrected chi connectivity index (χ4v) is 3.54. The zero-order valence-electron chi connectivity index (χ0n) is 17.0. The molecule has 0 unspecified atom stereocenters. The van der Waals surface area contributed by atoms with Crippen LogP contribution in [-0.4, -0.2) is 52.0 Å². The predicted octanol–water partition coefficient (Wildman–Crippen LogP) is 3.31. The molecule has 1 atom stereocenters. The van der Waals surface area contributed by atoms with Crippen LogP contribution in [0.3, 0.4) is 0 Å². The Bertz CT molecular complexity index is 794. The maximum atomic E-state index is 12.4. The van der Waals surface area contributed by atoms with Gasteiger partial charge >= 0.3 is 12.1 Å². The van der Waals surface area contributed by atoms with E-state index in [2.05, 4.69) is 0 Å². The molecular formula is C21H26N2O6. The molecule has 1 fully saturated rings. The molecule has 0 saturated carbocycles. The Morgan fingerprint density at radius 2 is 1.69 bits per heavy atom. The molecule has 2 heterocycles. The Morgan fingerprint density at radius 3 is 2.28 bits per heavy atom. The number of imide groups is 1. The van der Waals surface area contributed by atoms with Gasteiger partial charge < -0.3 is 14.5 Å². The summed E-state index contributed by atoms with van der Waals surface area (Å²) >= 11 is 0. The Labute approximate surface area is 169 Å². The standard InChI is InChI=1S/C21H26N2O6/c1-21(2,3)28-20(27)22-13-7-6-8-14(22)11-12-17(24)29-23-18(25)15-9-4-5-10-16(15)19(23)26/h4-5,9-10,14H,6-8,11-13H2,1-3H3/t14-/m1/s1. The lowest BCUT2D eigenvalue weighted by Crippen LogP contribution is -2.46. The number of hydroxylamine groups is 2. The number of likely N-dealkylation sites (tertiary alicyclic amines) is 1. The molecule has 0 aliphatic carbocycles. The molecule has 0 bridgehead atoms. The predicted molar refractivity (Wildman–Crippen MR) is 103 cm³/mol. The molecule has 8 nitrogen and oxygen atoms in total. The molecule has 0 aromatic heterocycles. The molecule has 0 radical (unpaired) electrons. The van der Waals surface area contributed by atoms with Crippen molar-refractivity contribution in [1.29, 1.82) is 0 Å². The summed E-state index contributed by atoms with van der Waals surface area (Å²) < 4.78 is 5.46. The van der Waals surface area contributed by atoms with Gasteiger partial charge in [0, 0.05) is 19.0 Å². The van der Waals surface area contributed by atoms with E-state index >= 15 is 0 Å². The van der Waals surface area contributed by atoms with Crippen molar-refractivity contribution in [1.82, 2.24) is 9.96 Å². The second-order valence-electron chi connectivity index (χ2n) is 8.28. The van der Waals surface area contributed by atoms with Crippen LogP contribution in [0.15, 0.2) is 24.3 Å². The van der Waals surface area contributed by atoms with Crippen LogP contribution in [-0.2, 0) is 14.4 Å². The molecule has 2 aliphatic heterocycles. The third-order valence-corrected chi connectivity index (χ3v) is 4.89. The number of carbonyl (C=O) groups is 4. The molecule has 3 amide bonds. The fraction of sp³-hybridized carbons (Fsp3) is 0.524. The third kappa shape index (κ3) is 4.75. The van der Waals surface area contributed by atoms with Gasteiger partial charge in [-0.05, 0) is 58.6 Å². The highest BCUT2D eigenvalue weighted by atomic mass is 16.7. The first-order valence-electron chi connectivity index (χ1n) is 9.85. The van der Waals surface area contributed by atoms with Crippen molar-refractivity contribution < 1.29 is 28.8 Å². The van der Waals surface area contributed by atoms with Crippen molar-refractivity contribution in [3.63, 3.8) is 0 Å². The van der Waals surface area contributed by atoms with Crippen molar-refractivity contribution >= 4 is 23.9 Å². The van der Waals surface area contributed by atoms with Crippen LogP contribution in [0.4, 0.5) is 4.79 Å². The molecular weight excluding hydrogens is 376 g/mol. The van der Waals surface area contributed by atoms with E-state index in [1.54, 1.807) is 17.0 Å². The smallest absolute Gasteiger partial charge is 0.410 e. The molecule has 3 rings (SSSR count). The second kappa shape index (κ2) is 8.23. The minimum atomic E-state index is -0.686. The number of carbonyl (C=O) groups excluding carboxylic acids is 4. The van der Waals surface area contributed by atoms with E-state index in [1.165, 1.54) is 12.1 Å². The van der Waals surface area contributed by atoms with Gasteiger partial charge in [-0.25, -0.2) is 9.59 Å². The van der Waals surface area contributed by atoms with Crippen LogP contribution in [0, 0.1) is 0 Å². The average Bonchev–Trinajstić information content (AvgIpc) is 2.90. The Balaban J connectivity index is 1.56. The van der Waals surface area contributed by atoms with Gasteiger partial charge in [-0.2, -0.15) is 0 Å². The molecule has 2 aliphatic rings. The van der Waals surface area contributed by atoms with Gasteiger partial charge in [0.1, 0.15) is 5.60 Å². The molecule has 1 aromatic rings. The maximum Gasteiger partial charge on any atom is 0.410 e. The van der Waals surface area contributed by atoms with Crippen LogP contribution in [0.25, 0.3) is 0 Å². The summed E-state index contributed by atoms with van der Waals surface area (Å²) in [5.41, 5.74) is -0.161. The van der Waals surface area contributed by atoms with Gasteiger partial charge in [0.05, 0.1) is 11.1 Å². The van der Waals surface area contributed by atoms with Gasteiger partial charge in [0.2, 0.25) is 0 Å². The van der Waals surface area contributed by atoms with Crippen molar-refractivity contribution in [3.8, 4) is 0 Å². The van der Waals surface area contributed by atoms with Crippen molar-refractivity contribution in [2.75, 3.05) is 6.54 Å². The number of hydrogen-bond acceptors (Lipinski definition) is 6. The molecule has 1 saturated heterocycles. The first-order valence-corrected chi connectivity index (χ1v) is 9.85. The number of amides is 3. The summed E-state index contributed by atoms with van der Waals surface area (Å²) in [5.74, 6) is -1.98. The summed E-state index contributed by atoms with van der Waals surface area (Å²) in [6, 6.07) is 6.18. The van der Waals surface area contributed by atoms with E-state index in [0.717, 1.165) is 19.3 Å². The van der Waals surface area contributed by atoms with Gasteiger partial charge in [0.25, 0.3) is 11.8 Å². The van der Waals surface area contributed by atoms with E-state index < -0.39 is 29.5 Å². The highest BCUT2D eigenvalue weighted by Crippen LogP contribution is 2.25. The average molecular weight is 402 g/mol. The Morgan fingerprint density at radius 1 is 1.07 bits per heavy atom. The lowest BCUT2D eigenvalue weighted by atomic mass is 9.98. The van der Waals surface area contributed by atoms with E-state index in [0.29, 0.717) is 18.0 Å². The normalized spacial score (nSPS) is 19.2. The Hall–Kier alpha value is -2.90. The largest absolute Gasteiger partial charge is 0.444 e. The molecule has 0 spiro atoms. The number of piperidine rings is 1. The molecule has 8 heteroatoms. The number of nitrogens with zero attached hydrogens (tertiary/aromatic N) is 2. The molecule has 29 heavy (non-hydrogen) atoms. The van der Waals surface area contributed by atoms with E-state index in [-0.39, 0.29) is 23.6 Å². The van der Waals surface area contributed by atoms with Gasteiger partial charge in [0.15, 0.2) is 0 Å². The van der Waals surface area contributed by atoms with Crippen LogP contribution < -0.4 is 0 Å². The van der Waals surface area contributed by atoms with Gasteiger partial charge in [-0.15, -0.1) is 0 Å². The van der Waals surface area contributed by atoms with Gasteiger partial charge in [-0.3, -0.25) is 9.59 Å². The Kier molecular flexibility index (Phi) is 5.91. The minimum Gasteiger partial charge on any atom is -0.444 e. The SMILES string of the molecule is CC(C)(C)OC(=O)N1CCCC[C@@H]1CCC(=O)ON1C(=O)c2ccccc2C1=O.